The third-order valence-corrected chi connectivity index (χ3v) is 4.08. The highest BCUT2D eigenvalue weighted by Gasteiger charge is 2.33. The highest BCUT2D eigenvalue weighted by molar-refractivity contribution is 9.10. The number of fused-ring (bicyclic) bond motifs is 1. The molecule has 1 amide bonds. The van der Waals surface area contributed by atoms with E-state index in [0.717, 1.165) is 4.47 Å². The van der Waals surface area contributed by atoms with Gasteiger partial charge >= 0.3 is 0 Å². The Morgan fingerprint density at radius 2 is 1.48 bits per heavy atom. The van der Waals surface area contributed by atoms with Gasteiger partial charge in [-0.3, -0.25) is 14.4 Å². The van der Waals surface area contributed by atoms with Gasteiger partial charge in [0.25, 0.3) is 0 Å². The molecule has 0 spiro atoms. The van der Waals surface area contributed by atoms with Crippen LogP contribution in [0, 0.1) is 0 Å². The van der Waals surface area contributed by atoms with Crippen LogP contribution >= 0.6 is 15.9 Å². The van der Waals surface area contributed by atoms with Crippen molar-refractivity contribution in [3.63, 3.8) is 0 Å². The monoisotopic (exact) mass is 369 g/mol. The third kappa shape index (κ3) is 2.75. The molecule has 2 aromatic carbocycles. The highest BCUT2D eigenvalue weighted by atomic mass is 79.9. The third-order valence-electron chi connectivity index (χ3n) is 3.55. The molecule has 1 aliphatic carbocycles. The van der Waals surface area contributed by atoms with E-state index >= 15 is 0 Å². The molecule has 1 N–H and O–H groups in total. The van der Waals surface area contributed by atoms with Crippen LogP contribution in [0.15, 0.2) is 58.7 Å². The number of Topliss-reactive ketones (excluding diaryl/α,β-unsaturated/α-hetero) is 2. The molecular weight excluding hydrogens is 358 g/mol. The van der Waals surface area contributed by atoms with Gasteiger partial charge in [-0.15, -0.1) is 0 Å². The van der Waals surface area contributed by atoms with E-state index in [1.54, 1.807) is 48.5 Å². The molecule has 0 aromatic heterocycles. The molecule has 5 heteroatoms. The fourth-order valence-corrected chi connectivity index (χ4v) is 2.83. The Morgan fingerprint density at radius 3 is 2.04 bits per heavy atom. The summed E-state index contributed by atoms with van der Waals surface area (Å²) in [6, 6.07) is 13.7. The average Bonchev–Trinajstić information content (AvgIpc) is 2.54. The summed E-state index contributed by atoms with van der Waals surface area (Å²) < 4.78 is 0.859. The Labute approximate surface area is 141 Å². The number of benzene rings is 2. The lowest BCUT2D eigenvalue weighted by Gasteiger charge is -2.21. The Morgan fingerprint density at radius 1 is 0.913 bits per heavy atom. The zero-order chi connectivity index (χ0) is 16.6. The van der Waals surface area contributed by atoms with Crippen LogP contribution in [0.3, 0.4) is 0 Å². The summed E-state index contributed by atoms with van der Waals surface area (Å²) in [5.74, 6) is -1.02. The summed E-state index contributed by atoms with van der Waals surface area (Å²) in [5, 5.41) is 2.52. The van der Waals surface area contributed by atoms with Crippen molar-refractivity contribution in [1.29, 1.82) is 0 Å². The summed E-state index contributed by atoms with van der Waals surface area (Å²) in [6.45, 7) is 1.31. The SMILES string of the molecule is CC(=O)NC1=C(c2ccc(Br)cc2)C(=O)c2ccccc2C1=O. The lowest BCUT2D eigenvalue weighted by atomic mass is 9.84. The summed E-state index contributed by atoms with van der Waals surface area (Å²) >= 11 is 3.34. The van der Waals surface area contributed by atoms with Crippen LogP contribution in [0.5, 0.6) is 0 Å². The topological polar surface area (TPSA) is 63.2 Å². The van der Waals surface area contributed by atoms with Crippen LogP contribution in [0.1, 0.15) is 33.2 Å². The molecule has 0 atom stereocenters. The van der Waals surface area contributed by atoms with Crippen molar-refractivity contribution in [2.75, 3.05) is 0 Å². The fraction of sp³-hybridized carbons (Fsp3) is 0.0556. The van der Waals surface area contributed by atoms with Gasteiger partial charge in [-0.2, -0.15) is 0 Å². The maximum Gasteiger partial charge on any atom is 0.221 e. The van der Waals surface area contributed by atoms with Gasteiger partial charge in [0, 0.05) is 22.5 Å². The smallest absolute Gasteiger partial charge is 0.221 e. The summed E-state index contributed by atoms with van der Waals surface area (Å²) in [7, 11) is 0. The molecule has 0 unspecified atom stereocenters. The molecule has 1 aliphatic rings. The largest absolute Gasteiger partial charge is 0.322 e. The van der Waals surface area contributed by atoms with Crippen molar-refractivity contribution in [3.8, 4) is 0 Å². The van der Waals surface area contributed by atoms with Crippen LogP contribution in [-0.4, -0.2) is 17.5 Å². The second-order valence-corrected chi connectivity index (χ2v) is 6.06. The van der Waals surface area contributed by atoms with E-state index in [1.165, 1.54) is 6.92 Å². The number of carbonyl (C=O) groups excluding carboxylic acids is 3. The van der Waals surface area contributed by atoms with Crippen molar-refractivity contribution in [3.05, 3.63) is 75.4 Å². The van der Waals surface area contributed by atoms with Crippen LogP contribution in [0.2, 0.25) is 0 Å². The molecule has 0 heterocycles. The Kier molecular flexibility index (Phi) is 3.96. The predicted molar refractivity (Wildman–Crippen MR) is 90.0 cm³/mol. The van der Waals surface area contributed by atoms with E-state index in [-0.39, 0.29) is 22.8 Å². The molecule has 4 nitrogen and oxygen atoms in total. The number of allylic oxidation sites excluding steroid dienone is 2. The lowest BCUT2D eigenvalue weighted by molar-refractivity contribution is -0.118. The van der Waals surface area contributed by atoms with E-state index in [9.17, 15) is 14.4 Å². The molecule has 2 aromatic rings. The average molecular weight is 370 g/mol. The number of ketones is 2. The molecule has 0 saturated heterocycles. The van der Waals surface area contributed by atoms with Crippen LogP contribution < -0.4 is 5.32 Å². The van der Waals surface area contributed by atoms with Crippen LogP contribution in [-0.2, 0) is 4.79 Å². The first kappa shape index (κ1) is 15.4. The second-order valence-electron chi connectivity index (χ2n) is 5.14. The van der Waals surface area contributed by atoms with E-state index in [1.807, 2.05) is 0 Å². The molecule has 114 valence electrons. The first-order valence-electron chi connectivity index (χ1n) is 6.95. The maximum absolute atomic E-state index is 12.9. The molecule has 0 aliphatic heterocycles. The van der Waals surface area contributed by atoms with Gasteiger partial charge in [0.05, 0.1) is 5.57 Å². The summed E-state index contributed by atoms with van der Waals surface area (Å²) in [4.78, 5) is 37.1. The lowest BCUT2D eigenvalue weighted by Crippen LogP contribution is -2.32. The fourth-order valence-electron chi connectivity index (χ4n) is 2.56. The minimum Gasteiger partial charge on any atom is -0.322 e. The van der Waals surface area contributed by atoms with Crippen molar-refractivity contribution in [1.82, 2.24) is 5.32 Å². The summed E-state index contributed by atoms with van der Waals surface area (Å²) in [6.07, 6.45) is 0. The predicted octanol–water partition coefficient (Wildman–Crippen LogP) is 3.38. The van der Waals surface area contributed by atoms with Gasteiger partial charge in [-0.1, -0.05) is 52.3 Å². The maximum atomic E-state index is 12.9. The quantitative estimate of drug-likeness (QED) is 0.882. The van der Waals surface area contributed by atoms with Crippen molar-refractivity contribution in [2.45, 2.75) is 6.92 Å². The van der Waals surface area contributed by atoms with E-state index < -0.39 is 5.91 Å². The Hall–Kier alpha value is -2.53. The molecule has 0 saturated carbocycles. The zero-order valence-electron chi connectivity index (χ0n) is 12.2. The summed E-state index contributed by atoms with van der Waals surface area (Å²) in [5.41, 5.74) is 1.50. The van der Waals surface area contributed by atoms with Crippen LogP contribution in [0.4, 0.5) is 0 Å². The van der Waals surface area contributed by atoms with Gasteiger partial charge in [-0.25, -0.2) is 0 Å². The number of hydrogen-bond donors (Lipinski definition) is 1. The normalized spacial score (nSPS) is 13.8. The molecule has 0 bridgehead atoms. The second kappa shape index (κ2) is 5.93. The highest BCUT2D eigenvalue weighted by Crippen LogP contribution is 2.31. The number of amides is 1. The van der Waals surface area contributed by atoms with E-state index in [4.69, 9.17) is 0 Å². The number of rotatable bonds is 2. The minimum absolute atomic E-state index is 0.0310. The van der Waals surface area contributed by atoms with Crippen molar-refractivity contribution in [2.24, 2.45) is 0 Å². The standard InChI is InChI=1S/C18H12BrNO3/c1-10(21)20-16-15(11-6-8-12(19)9-7-11)17(22)13-4-2-3-5-14(13)18(16)23/h2-9H,1H3,(H,20,21). The van der Waals surface area contributed by atoms with E-state index in [2.05, 4.69) is 21.2 Å². The molecule has 3 rings (SSSR count). The van der Waals surface area contributed by atoms with Crippen LogP contribution in [0.25, 0.3) is 5.57 Å². The van der Waals surface area contributed by atoms with Gasteiger partial charge in [0.1, 0.15) is 5.70 Å². The number of nitrogens with one attached hydrogen (secondary N) is 1. The Balaban J connectivity index is 2.25. The first-order valence-corrected chi connectivity index (χ1v) is 7.74. The van der Waals surface area contributed by atoms with E-state index in [0.29, 0.717) is 16.7 Å². The zero-order valence-corrected chi connectivity index (χ0v) is 13.8. The molecule has 0 radical (unpaired) electrons. The molecular formula is C18H12BrNO3. The minimum atomic E-state index is -0.393. The molecule has 23 heavy (non-hydrogen) atoms. The van der Waals surface area contributed by atoms with Gasteiger partial charge in [-0.05, 0) is 17.7 Å². The molecule has 0 fully saturated rings. The van der Waals surface area contributed by atoms with Crippen molar-refractivity contribution < 1.29 is 14.4 Å². The number of carbonyl (C=O) groups is 3. The number of halogens is 1. The van der Waals surface area contributed by atoms with Crippen molar-refractivity contribution >= 4 is 39.0 Å². The van der Waals surface area contributed by atoms with Gasteiger partial charge in [0.15, 0.2) is 5.78 Å². The number of hydrogen-bond acceptors (Lipinski definition) is 3. The van der Waals surface area contributed by atoms with Gasteiger partial charge in [0.2, 0.25) is 11.7 Å². The first-order chi connectivity index (χ1) is 11.0. The Bertz CT molecular complexity index is 866. The van der Waals surface area contributed by atoms with Gasteiger partial charge < -0.3 is 5.32 Å².